The summed E-state index contributed by atoms with van der Waals surface area (Å²) in [5.74, 6) is 0.374. The Hall–Kier alpha value is -1.30. The quantitative estimate of drug-likeness (QED) is 0.611. The summed E-state index contributed by atoms with van der Waals surface area (Å²) in [4.78, 5) is 32.1. The first-order chi connectivity index (χ1) is 9.10. The van der Waals surface area contributed by atoms with Gasteiger partial charge in [-0.3, -0.25) is 9.59 Å². The molecule has 19 heavy (non-hydrogen) atoms. The first-order valence-electron chi connectivity index (χ1n) is 6.61. The Morgan fingerprint density at radius 1 is 1.37 bits per heavy atom. The molecule has 0 aliphatic heterocycles. The number of amides is 1. The molecule has 0 aliphatic rings. The van der Waals surface area contributed by atoms with Crippen LogP contribution in [0.1, 0.15) is 32.9 Å². The number of aromatic nitrogens is 2. The van der Waals surface area contributed by atoms with Crippen LogP contribution in [-0.4, -0.2) is 39.6 Å². The van der Waals surface area contributed by atoms with E-state index in [4.69, 9.17) is 0 Å². The van der Waals surface area contributed by atoms with E-state index in [-0.39, 0.29) is 11.5 Å². The Kier molecular flexibility index (Phi) is 6.62. The van der Waals surface area contributed by atoms with Gasteiger partial charge in [0.05, 0.1) is 5.75 Å². The number of aryl methyl sites for hydroxylation is 1. The van der Waals surface area contributed by atoms with Crippen LogP contribution in [0.2, 0.25) is 0 Å². The van der Waals surface area contributed by atoms with Gasteiger partial charge in [0.15, 0.2) is 5.16 Å². The minimum absolute atomic E-state index is 0.0681. The topological polar surface area (TPSA) is 66.1 Å². The van der Waals surface area contributed by atoms with Crippen LogP contribution in [0.25, 0.3) is 0 Å². The lowest BCUT2D eigenvalue weighted by molar-refractivity contribution is -0.127. The van der Waals surface area contributed by atoms with E-state index in [2.05, 4.69) is 9.97 Å². The molecule has 1 rings (SSSR count). The number of H-pyrrole nitrogens is 1. The molecule has 1 N–H and O–H groups in total. The first kappa shape index (κ1) is 15.8. The van der Waals surface area contributed by atoms with Crippen molar-refractivity contribution in [2.45, 2.75) is 38.8 Å². The number of rotatable bonds is 7. The van der Waals surface area contributed by atoms with Crippen LogP contribution >= 0.6 is 11.8 Å². The zero-order chi connectivity index (χ0) is 14.3. The number of carbonyl (C=O) groups excluding carboxylic acids is 1. The van der Waals surface area contributed by atoms with E-state index in [9.17, 15) is 9.59 Å². The van der Waals surface area contributed by atoms with Crippen molar-refractivity contribution in [3.8, 4) is 0 Å². The number of aromatic amines is 1. The number of nitrogens with zero attached hydrogens (tertiary/aromatic N) is 2. The average Bonchev–Trinajstić information content (AvgIpc) is 2.37. The molecule has 0 aromatic carbocycles. The van der Waals surface area contributed by atoms with Crippen molar-refractivity contribution in [3.63, 3.8) is 0 Å². The van der Waals surface area contributed by atoms with E-state index in [1.165, 1.54) is 17.8 Å². The van der Waals surface area contributed by atoms with Crippen molar-refractivity contribution in [3.05, 3.63) is 22.1 Å². The summed E-state index contributed by atoms with van der Waals surface area (Å²) in [5, 5.41) is 0.524. The fraction of sp³-hybridized carbons (Fsp3) is 0.615. The Morgan fingerprint density at radius 3 is 2.63 bits per heavy atom. The molecule has 1 amide bonds. The first-order valence-corrected chi connectivity index (χ1v) is 7.60. The van der Waals surface area contributed by atoms with Gasteiger partial charge in [0, 0.05) is 24.8 Å². The van der Waals surface area contributed by atoms with Gasteiger partial charge >= 0.3 is 0 Å². The van der Waals surface area contributed by atoms with Gasteiger partial charge in [0.1, 0.15) is 0 Å². The third kappa shape index (κ3) is 5.06. The molecule has 0 spiro atoms. The van der Waals surface area contributed by atoms with Gasteiger partial charge in [-0.25, -0.2) is 4.98 Å². The van der Waals surface area contributed by atoms with Gasteiger partial charge in [0.25, 0.3) is 5.56 Å². The van der Waals surface area contributed by atoms with Crippen LogP contribution in [0.5, 0.6) is 0 Å². The summed E-state index contributed by atoms with van der Waals surface area (Å²) in [7, 11) is 0. The van der Waals surface area contributed by atoms with E-state index in [0.29, 0.717) is 24.0 Å². The second-order valence-electron chi connectivity index (χ2n) is 4.15. The molecule has 0 unspecified atom stereocenters. The number of thioether (sulfide) groups is 1. The fourth-order valence-electron chi connectivity index (χ4n) is 1.73. The molecule has 1 aromatic heterocycles. The molecule has 6 heteroatoms. The van der Waals surface area contributed by atoms with Crippen LogP contribution in [0.4, 0.5) is 0 Å². The maximum absolute atomic E-state index is 11.9. The zero-order valence-electron chi connectivity index (χ0n) is 11.7. The zero-order valence-corrected chi connectivity index (χ0v) is 12.5. The van der Waals surface area contributed by atoms with Crippen LogP contribution in [-0.2, 0) is 11.2 Å². The molecule has 106 valence electrons. The second-order valence-corrected chi connectivity index (χ2v) is 5.11. The van der Waals surface area contributed by atoms with E-state index < -0.39 is 0 Å². The average molecular weight is 283 g/mol. The summed E-state index contributed by atoms with van der Waals surface area (Å²) in [6.45, 7) is 7.35. The van der Waals surface area contributed by atoms with Gasteiger partial charge in [-0.15, -0.1) is 0 Å². The third-order valence-electron chi connectivity index (χ3n) is 2.73. The highest BCUT2D eigenvalue weighted by atomic mass is 32.2. The predicted molar refractivity (Wildman–Crippen MR) is 77.5 cm³/mol. The highest BCUT2D eigenvalue weighted by molar-refractivity contribution is 7.99. The normalized spacial score (nSPS) is 10.5. The lowest BCUT2D eigenvalue weighted by atomic mass is 10.2. The molecule has 0 aliphatic carbocycles. The molecule has 0 saturated heterocycles. The standard InChI is InChI=1S/C13H21N3O2S/c1-4-7-10-8-11(17)15-13(14-10)19-9-12(18)16(5-2)6-3/h8H,4-7,9H2,1-3H3,(H,14,15,17). The fourth-order valence-corrected chi connectivity index (χ4v) is 2.53. The molecule has 5 nitrogen and oxygen atoms in total. The minimum Gasteiger partial charge on any atom is -0.343 e. The molecule has 0 atom stereocenters. The Morgan fingerprint density at radius 2 is 2.05 bits per heavy atom. The van der Waals surface area contributed by atoms with Crippen LogP contribution in [0.3, 0.4) is 0 Å². The Bertz CT molecular complexity index is 469. The van der Waals surface area contributed by atoms with Gasteiger partial charge in [-0.2, -0.15) is 0 Å². The van der Waals surface area contributed by atoms with Crippen molar-refractivity contribution in [1.82, 2.24) is 14.9 Å². The Balaban J connectivity index is 2.67. The number of nitrogens with one attached hydrogen (secondary N) is 1. The number of hydrogen-bond donors (Lipinski definition) is 1. The van der Waals surface area contributed by atoms with Crippen molar-refractivity contribution < 1.29 is 4.79 Å². The monoisotopic (exact) mass is 283 g/mol. The molecule has 1 aromatic rings. The maximum atomic E-state index is 11.9. The third-order valence-corrected chi connectivity index (χ3v) is 3.59. The van der Waals surface area contributed by atoms with E-state index >= 15 is 0 Å². The summed E-state index contributed by atoms with van der Waals surface area (Å²) < 4.78 is 0. The van der Waals surface area contributed by atoms with Gasteiger partial charge < -0.3 is 9.88 Å². The van der Waals surface area contributed by atoms with Crippen molar-refractivity contribution in [1.29, 1.82) is 0 Å². The van der Waals surface area contributed by atoms with Gasteiger partial charge in [0.2, 0.25) is 5.91 Å². The van der Waals surface area contributed by atoms with Crippen LogP contribution < -0.4 is 5.56 Å². The number of hydrogen-bond acceptors (Lipinski definition) is 4. The van der Waals surface area contributed by atoms with Crippen LogP contribution in [0.15, 0.2) is 16.0 Å². The minimum atomic E-state index is -0.156. The lowest BCUT2D eigenvalue weighted by Gasteiger charge is -2.17. The molecular formula is C13H21N3O2S. The highest BCUT2D eigenvalue weighted by Crippen LogP contribution is 2.12. The molecule has 0 saturated carbocycles. The predicted octanol–water partition coefficient (Wildman–Crippen LogP) is 1.68. The molecule has 0 radical (unpaired) electrons. The lowest BCUT2D eigenvalue weighted by Crippen LogP contribution is -2.32. The largest absolute Gasteiger partial charge is 0.343 e. The van der Waals surface area contributed by atoms with E-state index in [1.54, 1.807) is 4.90 Å². The molecular weight excluding hydrogens is 262 g/mol. The summed E-state index contributed by atoms with van der Waals surface area (Å²) in [6, 6.07) is 1.51. The van der Waals surface area contributed by atoms with Crippen molar-refractivity contribution in [2.24, 2.45) is 0 Å². The van der Waals surface area contributed by atoms with Crippen molar-refractivity contribution >= 4 is 17.7 Å². The van der Waals surface area contributed by atoms with Gasteiger partial charge in [-0.1, -0.05) is 25.1 Å². The molecule has 0 fully saturated rings. The van der Waals surface area contributed by atoms with E-state index in [1.807, 2.05) is 20.8 Å². The summed E-state index contributed by atoms with van der Waals surface area (Å²) in [5.41, 5.74) is 0.625. The smallest absolute Gasteiger partial charge is 0.251 e. The highest BCUT2D eigenvalue weighted by Gasteiger charge is 2.11. The number of carbonyl (C=O) groups is 1. The summed E-state index contributed by atoms with van der Waals surface area (Å²) in [6.07, 6.45) is 1.72. The molecule has 1 heterocycles. The van der Waals surface area contributed by atoms with Gasteiger partial charge in [-0.05, 0) is 20.3 Å². The summed E-state index contributed by atoms with van der Waals surface area (Å²) >= 11 is 1.28. The second kappa shape index (κ2) is 7.99. The van der Waals surface area contributed by atoms with Crippen LogP contribution in [0, 0.1) is 0 Å². The Labute approximate surface area is 117 Å². The van der Waals surface area contributed by atoms with Crippen molar-refractivity contribution in [2.75, 3.05) is 18.8 Å². The molecule has 0 bridgehead atoms. The SMILES string of the molecule is CCCc1cc(=O)[nH]c(SCC(=O)N(CC)CC)n1. The van der Waals surface area contributed by atoms with E-state index in [0.717, 1.165) is 18.5 Å². The maximum Gasteiger partial charge on any atom is 0.251 e.